The molecule has 0 spiro atoms. The molecule has 13 heteroatoms. The van der Waals surface area contributed by atoms with Crippen LogP contribution in [0.5, 0.6) is 5.75 Å². The van der Waals surface area contributed by atoms with E-state index < -0.39 is 37.9 Å². The molecular weight excluding hydrogens is 517 g/mol. The number of esters is 1. The summed E-state index contributed by atoms with van der Waals surface area (Å²) in [5, 5.41) is 11.0. The van der Waals surface area contributed by atoms with Crippen LogP contribution in [0.4, 0.5) is 0 Å². The van der Waals surface area contributed by atoms with Gasteiger partial charge in [0.25, 0.3) is 5.56 Å². The van der Waals surface area contributed by atoms with Crippen molar-refractivity contribution < 1.29 is 33.2 Å². The van der Waals surface area contributed by atoms with Gasteiger partial charge in [0.05, 0.1) is 24.7 Å². The largest absolute Gasteiger partial charge is 0.481 e. The summed E-state index contributed by atoms with van der Waals surface area (Å²) in [4.78, 5) is 47.3. The molecule has 4 atom stereocenters. The number of hydrogen-bond donors (Lipinski definition) is 3. The van der Waals surface area contributed by atoms with Crippen LogP contribution in [0, 0.1) is 11.8 Å². The second-order valence-electron chi connectivity index (χ2n) is 9.20. The Labute approximate surface area is 222 Å². The zero-order chi connectivity index (χ0) is 28.2. The number of nitrogens with zero attached hydrogens (tertiary/aromatic N) is 1. The minimum Gasteiger partial charge on any atom is -0.481 e. The molecule has 1 aliphatic rings. The Kier molecular flexibility index (Phi) is 12.6. The molecular formula is C25H36N3O9P. The highest BCUT2D eigenvalue weighted by molar-refractivity contribution is 7.45. The average Bonchev–Trinajstić information content (AvgIpc) is 3.21. The highest BCUT2D eigenvalue weighted by Crippen LogP contribution is 2.38. The van der Waals surface area contributed by atoms with Gasteiger partial charge in [-0.2, -0.15) is 0 Å². The third kappa shape index (κ3) is 10.7. The van der Waals surface area contributed by atoms with Crippen molar-refractivity contribution in [1.82, 2.24) is 14.6 Å². The number of rotatable bonds is 11. The second kappa shape index (κ2) is 15.4. The molecule has 1 aromatic heterocycles. The first-order chi connectivity index (χ1) is 18.0. The summed E-state index contributed by atoms with van der Waals surface area (Å²) in [6.45, 7) is 8.94. The molecule has 210 valence electrons. The Hall–Kier alpha value is -3.05. The molecule has 1 aliphatic heterocycles. The molecule has 3 rings (SSSR count). The molecule has 12 nitrogen and oxygen atoms in total. The monoisotopic (exact) mass is 553 g/mol. The number of carbonyl (C=O) groups is 2. The maximum absolute atomic E-state index is 12.1. The van der Waals surface area contributed by atoms with Crippen molar-refractivity contribution >= 4 is 20.5 Å². The lowest BCUT2D eigenvalue weighted by Gasteiger charge is -2.21. The Morgan fingerprint density at radius 1 is 1.18 bits per heavy atom. The third-order valence-corrected chi connectivity index (χ3v) is 6.28. The van der Waals surface area contributed by atoms with E-state index in [0.29, 0.717) is 12.2 Å². The number of aliphatic carboxylic acids is 1. The van der Waals surface area contributed by atoms with Crippen LogP contribution in [-0.2, 0) is 23.6 Å². The molecule has 1 saturated heterocycles. The summed E-state index contributed by atoms with van der Waals surface area (Å²) in [6.07, 6.45) is 1.07. The Morgan fingerprint density at radius 3 is 2.42 bits per heavy atom. The van der Waals surface area contributed by atoms with Gasteiger partial charge in [-0.25, -0.2) is 9.88 Å². The van der Waals surface area contributed by atoms with Crippen molar-refractivity contribution in [2.24, 2.45) is 11.8 Å². The molecule has 2 heterocycles. The minimum atomic E-state index is -1.65. The van der Waals surface area contributed by atoms with Crippen LogP contribution in [0.3, 0.4) is 0 Å². The number of benzene rings is 1. The maximum Gasteiger partial charge on any atom is 0.330 e. The maximum atomic E-state index is 12.1. The van der Waals surface area contributed by atoms with Crippen molar-refractivity contribution in [3.05, 3.63) is 63.4 Å². The average molecular weight is 554 g/mol. The number of aromatic nitrogens is 2. The second-order valence-corrected chi connectivity index (χ2v) is 10.5. The Balaban J connectivity index is 0.000000757. The van der Waals surface area contributed by atoms with Crippen LogP contribution in [0.1, 0.15) is 47.3 Å². The van der Waals surface area contributed by atoms with E-state index in [1.165, 1.54) is 16.8 Å². The molecule has 3 N–H and O–H groups in total. The summed E-state index contributed by atoms with van der Waals surface area (Å²) >= 11 is 0. The fourth-order valence-electron chi connectivity index (χ4n) is 3.26. The Morgan fingerprint density at radius 2 is 1.84 bits per heavy atom. The normalized spacial score (nSPS) is 19.5. The topological polar surface area (TPSA) is 158 Å². The van der Waals surface area contributed by atoms with Gasteiger partial charge in [0.15, 0.2) is 0 Å². The van der Waals surface area contributed by atoms with E-state index in [4.69, 9.17) is 23.6 Å². The van der Waals surface area contributed by atoms with Crippen molar-refractivity contribution in [2.75, 3.05) is 13.2 Å². The van der Waals surface area contributed by atoms with E-state index in [1.54, 1.807) is 39.8 Å². The van der Waals surface area contributed by atoms with Gasteiger partial charge in [-0.3, -0.25) is 23.9 Å². The van der Waals surface area contributed by atoms with Crippen LogP contribution in [0.15, 0.2) is 52.2 Å². The van der Waals surface area contributed by atoms with Crippen molar-refractivity contribution in [1.29, 1.82) is 0 Å². The number of nitrogens with one attached hydrogen (secondary N) is 2. The highest BCUT2D eigenvalue weighted by Gasteiger charge is 2.35. The number of ether oxygens (including phenoxy) is 2. The standard InChI is InChI=1S/C21H28N3O7P.C4H8O2/c1-14(2)29-19(26)12-22-32(31-16-7-5-4-6-8-16)28-13-17-11-15(3)20(30-17)24-10-9-18(25)23-21(24)27;1-3(2)4(5)6/h4-10,14-15,17,20,22H,11-13H2,1-3H3,(H,23,25,27);3H,1-2H3,(H,5,6). The number of carboxylic acid groups (broad SMARTS) is 1. The summed E-state index contributed by atoms with van der Waals surface area (Å²) in [5.74, 6) is -0.750. The van der Waals surface area contributed by atoms with Gasteiger partial charge < -0.3 is 23.6 Å². The third-order valence-electron chi connectivity index (χ3n) is 5.10. The SMILES string of the molecule is CC(C)C(=O)O.CC(C)OC(=O)CNP(OCC1CC(C)C(n2ccc(=O)[nH]c2=O)O1)Oc1ccccc1. The molecule has 0 bridgehead atoms. The van der Waals surface area contributed by atoms with E-state index in [-0.39, 0.29) is 37.2 Å². The van der Waals surface area contributed by atoms with Gasteiger partial charge in [0.1, 0.15) is 18.5 Å². The van der Waals surface area contributed by atoms with Crippen molar-refractivity contribution in [3.8, 4) is 5.75 Å². The van der Waals surface area contributed by atoms with E-state index in [2.05, 4.69) is 10.1 Å². The zero-order valence-corrected chi connectivity index (χ0v) is 23.1. The van der Waals surface area contributed by atoms with Gasteiger partial charge in [-0.05, 0) is 32.4 Å². The lowest BCUT2D eigenvalue weighted by molar-refractivity contribution is -0.146. The number of carboxylic acids is 1. The number of carbonyl (C=O) groups excluding carboxylic acids is 1. The number of aromatic amines is 1. The van der Waals surface area contributed by atoms with Gasteiger partial charge in [0.2, 0.25) is 0 Å². The molecule has 4 unspecified atom stereocenters. The minimum absolute atomic E-state index is 0.0300. The van der Waals surface area contributed by atoms with Gasteiger partial charge >= 0.3 is 26.2 Å². The predicted octanol–water partition coefficient (Wildman–Crippen LogP) is 3.05. The van der Waals surface area contributed by atoms with E-state index in [9.17, 15) is 19.2 Å². The molecule has 0 radical (unpaired) electrons. The molecule has 0 saturated carbocycles. The quantitative estimate of drug-likeness (QED) is 0.279. The molecule has 0 aliphatic carbocycles. The van der Waals surface area contributed by atoms with E-state index in [0.717, 1.165) is 0 Å². The predicted molar refractivity (Wildman–Crippen MR) is 141 cm³/mol. The summed E-state index contributed by atoms with van der Waals surface area (Å²) in [6, 6.07) is 10.4. The zero-order valence-electron chi connectivity index (χ0n) is 22.2. The first kappa shape index (κ1) is 31.2. The Bertz CT molecular complexity index is 1140. The lowest BCUT2D eigenvalue weighted by atomic mass is 10.1. The van der Waals surface area contributed by atoms with Crippen molar-refractivity contribution in [2.45, 2.75) is 59.5 Å². The summed E-state index contributed by atoms with van der Waals surface area (Å²) in [7, 11) is -1.65. The molecule has 1 aromatic carbocycles. The molecule has 2 aromatic rings. The van der Waals surface area contributed by atoms with Gasteiger partial charge in [-0.15, -0.1) is 0 Å². The number of para-hydroxylation sites is 1. The smallest absolute Gasteiger partial charge is 0.330 e. The molecule has 1 fully saturated rings. The molecule has 0 amide bonds. The fourth-order valence-corrected chi connectivity index (χ4v) is 4.34. The van der Waals surface area contributed by atoms with Crippen LogP contribution in [0.25, 0.3) is 0 Å². The van der Waals surface area contributed by atoms with Crippen LogP contribution >= 0.6 is 8.53 Å². The lowest BCUT2D eigenvalue weighted by Crippen LogP contribution is -2.33. The van der Waals surface area contributed by atoms with Crippen LogP contribution < -0.4 is 20.9 Å². The highest BCUT2D eigenvalue weighted by atomic mass is 31.2. The molecule has 38 heavy (non-hydrogen) atoms. The van der Waals surface area contributed by atoms with Gasteiger partial charge in [-0.1, -0.05) is 39.0 Å². The summed E-state index contributed by atoms with van der Waals surface area (Å²) in [5.41, 5.74) is -0.974. The summed E-state index contributed by atoms with van der Waals surface area (Å²) < 4.78 is 24.3. The van der Waals surface area contributed by atoms with E-state index >= 15 is 0 Å². The number of H-pyrrole nitrogens is 1. The van der Waals surface area contributed by atoms with E-state index in [1.807, 2.05) is 25.1 Å². The van der Waals surface area contributed by atoms with Gasteiger partial charge in [0, 0.05) is 18.2 Å². The first-order valence-electron chi connectivity index (χ1n) is 12.2. The van der Waals surface area contributed by atoms with Crippen LogP contribution in [0.2, 0.25) is 0 Å². The fraction of sp³-hybridized carbons (Fsp3) is 0.520. The number of hydrogen-bond acceptors (Lipinski definition) is 9. The first-order valence-corrected chi connectivity index (χ1v) is 13.4. The van der Waals surface area contributed by atoms with Crippen LogP contribution in [-0.4, -0.2) is 52.0 Å². The van der Waals surface area contributed by atoms with Crippen molar-refractivity contribution in [3.63, 3.8) is 0 Å².